The predicted octanol–water partition coefficient (Wildman–Crippen LogP) is 4.04. The fourth-order valence-electron chi connectivity index (χ4n) is 3.02. The minimum Gasteiger partial charge on any atom is -0.371 e. The number of nitrogens with zero attached hydrogens (tertiary/aromatic N) is 1. The standard InChI is InChI=1S/C18H22ClN3OS/c1-13-4-5-15(19)9-17(13)22-7-6-14(12-22)10-20-18(23)21-11-16-3-2-8-24-16/h2-5,8-9,14H,6-7,10-12H2,1H3,(H2,20,21,23)/t14-/m0/s1. The number of rotatable bonds is 5. The first-order valence-electron chi connectivity index (χ1n) is 8.17. The molecule has 1 aliphatic heterocycles. The van der Waals surface area contributed by atoms with E-state index in [0.717, 1.165) is 29.4 Å². The molecule has 0 spiro atoms. The first-order valence-corrected chi connectivity index (χ1v) is 9.43. The zero-order valence-electron chi connectivity index (χ0n) is 13.7. The molecule has 1 atom stereocenters. The van der Waals surface area contributed by atoms with Crippen molar-refractivity contribution in [3.63, 3.8) is 0 Å². The van der Waals surface area contributed by atoms with Crippen molar-refractivity contribution < 1.29 is 4.79 Å². The molecule has 0 saturated carbocycles. The van der Waals surface area contributed by atoms with Crippen molar-refractivity contribution in [2.45, 2.75) is 19.9 Å². The number of thiophene rings is 1. The Bertz CT molecular complexity index is 690. The number of anilines is 1. The van der Waals surface area contributed by atoms with Crippen LogP contribution in [0.15, 0.2) is 35.7 Å². The van der Waals surface area contributed by atoms with E-state index in [1.807, 2.05) is 29.6 Å². The molecule has 2 aromatic rings. The first kappa shape index (κ1) is 17.1. The highest BCUT2D eigenvalue weighted by molar-refractivity contribution is 7.09. The van der Waals surface area contributed by atoms with Gasteiger partial charge in [-0.3, -0.25) is 0 Å². The third-order valence-electron chi connectivity index (χ3n) is 4.35. The van der Waals surface area contributed by atoms with E-state index in [0.29, 0.717) is 19.0 Å². The Balaban J connectivity index is 1.44. The van der Waals surface area contributed by atoms with Gasteiger partial charge in [-0.2, -0.15) is 0 Å². The number of halogens is 1. The monoisotopic (exact) mass is 363 g/mol. The second-order valence-electron chi connectivity index (χ2n) is 6.17. The average Bonchev–Trinajstić information content (AvgIpc) is 3.24. The van der Waals surface area contributed by atoms with E-state index in [9.17, 15) is 4.79 Å². The summed E-state index contributed by atoms with van der Waals surface area (Å²) in [6.45, 7) is 5.35. The fourth-order valence-corrected chi connectivity index (χ4v) is 3.83. The molecule has 4 nitrogen and oxygen atoms in total. The molecule has 2 amide bonds. The molecule has 24 heavy (non-hydrogen) atoms. The summed E-state index contributed by atoms with van der Waals surface area (Å²) in [6.07, 6.45) is 1.08. The van der Waals surface area contributed by atoms with Gasteiger partial charge in [0.15, 0.2) is 0 Å². The SMILES string of the molecule is Cc1ccc(Cl)cc1N1CC[C@@H](CNC(=O)NCc2cccs2)C1. The Kier molecular flexibility index (Phi) is 5.63. The van der Waals surface area contributed by atoms with Crippen LogP contribution in [0.5, 0.6) is 0 Å². The number of benzene rings is 1. The minimum atomic E-state index is -0.0965. The Morgan fingerprint density at radius 3 is 3.04 bits per heavy atom. The van der Waals surface area contributed by atoms with Gasteiger partial charge in [-0.25, -0.2) is 4.79 Å². The largest absolute Gasteiger partial charge is 0.371 e. The van der Waals surface area contributed by atoms with Gasteiger partial charge in [0.1, 0.15) is 0 Å². The maximum atomic E-state index is 11.9. The lowest BCUT2D eigenvalue weighted by atomic mass is 10.1. The van der Waals surface area contributed by atoms with Crippen LogP contribution in [0.3, 0.4) is 0 Å². The summed E-state index contributed by atoms with van der Waals surface area (Å²) in [4.78, 5) is 15.4. The van der Waals surface area contributed by atoms with Gasteiger partial charge in [0.05, 0.1) is 6.54 Å². The topological polar surface area (TPSA) is 44.4 Å². The molecule has 1 saturated heterocycles. The predicted molar refractivity (Wildman–Crippen MR) is 101 cm³/mol. The smallest absolute Gasteiger partial charge is 0.315 e. The maximum Gasteiger partial charge on any atom is 0.315 e. The summed E-state index contributed by atoms with van der Waals surface area (Å²) in [5, 5.41) is 8.67. The fraction of sp³-hybridized carbons (Fsp3) is 0.389. The van der Waals surface area contributed by atoms with Crippen LogP contribution in [0.4, 0.5) is 10.5 Å². The third-order valence-corrected chi connectivity index (χ3v) is 5.46. The quantitative estimate of drug-likeness (QED) is 0.842. The van der Waals surface area contributed by atoms with Gasteiger partial charge in [-0.1, -0.05) is 23.7 Å². The molecular formula is C18H22ClN3OS. The van der Waals surface area contributed by atoms with Gasteiger partial charge in [0.2, 0.25) is 0 Å². The Labute approximate surface area is 151 Å². The van der Waals surface area contributed by atoms with Gasteiger partial charge in [-0.05, 0) is 48.4 Å². The van der Waals surface area contributed by atoms with E-state index in [4.69, 9.17) is 11.6 Å². The molecule has 6 heteroatoms. The van der Waals surface area contributed by atoms with Crippen LogP contribution in [0.2, 0.25) is 5.02 Å². The van der Waals surface area contributed by atoms with E-state index in [2.05, 4.69) is 28.5 Å². The van der Waals surface area contributed by atoms with Crippen molar-refractivity contribution in [2.24, 2.45) is 5.92 Å². The Morgan fingerprint density at radius 2 is 2.25 bits per heavy atom. The molecule has 3 rings (SSSR count). The molecule has 2 heterocycles. The Hall–Kier alpha value is -1.72. The second-order valence-corrected chi connectivity index (χ2v) is 7.64. The van der Waals surface area contributed by atoms with Gasteiger partial charge < -0.3 is 15.5 Å². The van der Waals surface area contributed by atoms with Crippen molar-refractivity contribution in [1.82, 2.24) is 10.6 Å². The van der Waals surface area contributed by atoms with Crippen LogP contribution in [-0.4, -0.2) is 25.7 Å². The van der Waals surface area contributed by atoms with Crippen LogP contribution in [-0.2, 0) is 6.54 Å². The second kappa shape index (κ2) is 7.90. The zero-order valence-corrected chi connectivity index (χ0v) is 15.3. The van der Waals surface area contributed by atoms with Crippen molar-refractivity contribution in [3.8, 4) is 0 Å². The number of carbonyl (C=O) groups is 1. The van der Waals surface area contributed by atoms with Gasteiger partial charge >= 0.3 is 6.03 Å². The summed E-state index contributed by atoms with van der Waals surface area (Å²) in [6, 6.07) is 9.92. The van der Waals surface area contributed by atoms with E-state index >= 15 is 0 Å². The van der Waals surface area contributed by atoms with Crippen LogP contribution in [0.25, 0.3) is 0 Å². The number of nitrogens with one attached hydrogen (secondary N) is 2. The van der Waals surface area contributed by atoms with Crippen molar-refractivity contribution >= 4 is 34.7 Å². The van der Waals surface area contributed by atoms with Gasteiger partial charge in [0.25, 0.3) is 0 Å². The minimum absolute atomic E-state index is 0.0965. The first-order chi connectivity index (χ1) is 11.6. The molecule has 1 aromatic carbocycles. The molecule has 1 aliphatic rings. The number of urea groups is 1. The lowest BCUT2D eigenvalue weighted by Crippen LogP contribution is -2.38. The van der Waals surface area contributed by atoms with E-state index < -0.39 is 0 Å². The summed E-state index contributed by atoms with van der Waals surface area (Å²) in [5.41, 5.74) is 2.44. The zero-order chi connectivity index (χ0) is 16.9. The van der Waals surface area contributed by atoms with Crippen LogP contribution in [0, 0.1) is 12.8 Å². The summed E-state index contributed by atoms with van der Waals surface area (Å²) in [5.74, 6) is 0.468. The number of hydrogen-bond acceptors (Lipinski definition) is 3. The molecule has 0 aliphatic carbocycles. The number of carbonyl (C=O) groups excluding carboxylic acids is 1. The maximum absolute atomic E-state index is 11.9. The highest BCUT2D eigenvalue weighted by Crippen LogP contribution is 2.29. The number of amides is 2. The Morgan fingerprint density at radius 1 is 1.38 bits per heavy atom. The van der Waals surface area contributed by atoms with Crippen LogP contribution < -0.4 is 15.5 Å². The molecule has 128 valence electrons. The van der Waals surface area contributed by atoms with Crippen molar-refractivity contribution in [1.29, 1.82) is 0 Å². The normalized spacial score (nSPS) is 17.1. The molecule has 1 aromatic heterocycles. The molecule has 0 radical (unpaired) electrons. The molecule has 2 N–H and O–H groups in total. The van der Waals surface area contributed by atoms with Crippen LogP contribution in [0.1, 0.15) is 16.9 Å². The van der Waals surface area contributed by atoms with Gasteiger partial charge in [-0.15, -0.1) is 11.3 Å². The lowest BCUT2D eigenvalue weighted by Gasteiger charge is -2.21. The highest BCUT2D eigenvalue weighted by atomic mass is 35.5. The van der Waals surface area contributed by atoms with E-state index in [1.165, 1.54) is 11.3 Å². The summed E-state index contributed by atoms with van der Waals surface area (Å²) in [7, 11) is 0. The number of hydrogen-bond donors (Lipinski definition) is 2. The van der Waals surface area contributed by atoms with Gasteiger partial charge in [0, 0.05) is 35.2 Å². The van der Waals surface area contributed by atoms with Crippen molar-refractivity contribution in [3.05, 3.63) is 51.2 Å². The summed E-state index contributed by atoms with van der Waals surface area (Å²) < 4.78 is 0. The van der Waals surface area contributed by atoms with E-state index in [1.54, 1.807) is 11.3 Å². The molecule has 0 unspecified atom stereocenters. The lowest BCUT2D eigenvalue weighted by molar-refractivity contribution is 0.239. The van der Waals surface area contributed by atoms with Crippen molar-refractivity contribution in [2.75, 3.05) is 24.5 Å². The molecule has 0 bridgehead atoms. The average molecular weight is 364 g/mol. The molecule has 1 fully saturated rings. The summed E-state index contributed by atoms with van der Waals surface area (Å²) >= 11 is 7.77. The van der Waals surface area contributed by atoms with Crippen LogP contribution >= 0.6 is 22.9 Å². The highest BCUT2D eigenvalue weighted by Gasteiger charge is 2.24. The third kappa shape index (κ3) is 4.42. The number of aryl methyl sites for hydroxylation is 1. The molecular weight excluding hydrogens is 342 g/mol. The van der Waals surface area contributed by atoms with E-state index in [-0.39, 0.29) is 6.03 Å².